The summed E-state index contributed by atoms with van der Waals surface area (Å²) >= 11 is 14.0. The number of carbonyl (C=O) groups excluding carboxylic acids is 5. The van der Waals surface area contributed by atoms with E-state index in [0.717, 1.165) is 48.4 Å². The number of ether oxygens (including phenoxy) is 1. The van der Waals surface area contributed by atoms with Crippen molar-refractivity contribution in [2.24, 2.45) is 0 Å². The van der Waals surface area contributed by atoms with E-state index in [1.165, 1.54) is 18.2 Å². The number of carbonyl (C=O) groups is 5. The van der Waals surface area contributed by atoms with E-state index in [1.54, 1.807) is 40.9 Å². The van der Waals surface area contributed by atoms with E-state index in [1.807, 2.05) is 23.1 Å². The van der Waals surface area contributed by atoms with E-state index in [9.17, 15) is 28.4 Å². The van der Waals surface area contributed by atoms with Gasteiger partial charge in [-0.1, -0.05) is 42.1 Å². The lowest BCUT2D eigenvalue weighted by atomic mass is 10.0. The molecule has 0 radical (unpaired) electrons. The fraction of sp³-hybridized carbons (Fsp3) is 0.400. The van der Waals surface area contributed by atoms with E-state index in [0.29, 0.717) is 53.5 Å². The average molecular weight is 920 g/mol. The number of nitrogens with one attached hydrogen (secondary N) is 2. The molecule has 7 rings (SSSR count). The van der Waals surface area contributed by atoms with Crippen molar-refractivity contribution in [1.29, 1.82) is 0 Å². The molecule has 0 bridgehead atoms. The van der Waals surface area contributed by atoms with Gasteiger partial charge in [-0.3, -0.25) is 34.2 Å². The minimum atomic E-state index is -0.621. The highest BCUT2D eigenvalue weighted by Crippen LogP contribution is 2.35. The Labute approximate surface area is 379 Å². The number of nitrogens with two attached hydrogens (primary N) is 1. The van der Waals surface area contributed by atoms with Gasteiger partial charge in [0.05, 0.1) is 11.6 Å². The van der Waals surface area contributed by atoms with Gasteiger partial charge in [-0.25, -0.2) is 4.39 Å². The standard InChI is InChI=1S/C45H49Cl2FN8O6S/c1-26-23-54(24-27(2)55(26)19-5-3-4-6-21-63-38-9-7-8-30-32(38)25-56(45(30)61)36-16-17-39(57)51-43(36)59)44(60)28-10-12-29(13-11-28)50-42(58)35-22-37(41(49)53-52-35)62-20-18-31-33(46)14-15-34(48)40(31)47/h7-15,22,26-27,36H,3-6,16-21,23-25H2,1-2H3,(H2,49,53)(H,50,58)(H,51,57,59)/t26-,27+,36-/m1/s1. The first kappa shape index (κ1) is 45.7. The van der Waals surface area contributed by atoms with Gasteiger partial charge in [0.25, 0.3) is 17.7 Å². The summed E-state index contributed by atoms with van der Waals surface area (Å²) in [7, 11) is 0. The molecule has 3 aliphatic rings. The number of imide groups is 1. The second-order valence-corrected chi connectivity index (χ2v) is 17.9. The Morgan fingerprint density at radius 2 is 1.73 bits per heavy atom. The van der Waals surface area contributed by atoms with Crippen LogP contribution in [0.3, 0.4) is 0 Å². The molecule has 3 aliphatic heterocycles. The molecular formula is C45H49Cl2FN8O6S. The lowest BCUT2D eigenvalue weighted by molar-refractivity contribution is -0.136. The van der Waals surface area contributed by atoms with Gasteiger partial charge in [-0.15, -0.1) is 22.0 Å². The van der Waals surface area contributed by atoms with Gasteiger partial charge in [0.2, 0.25) is 11.8 Å². The van der Waals surface area contributed by atoms with E-state index in [2.05, 4.69) is 39.6 Å². The highest BCUT2D eigenvalue weighted by molar-refractivity contribution is 7.99. The average Bonchev–Trinajstić information content (AvgIpc) is 3.60. The zero-order valence-corrected chi connectivity index (χ0v) is 37.3. The molecule has 0 saturated carbocycles. The van der Waals surface area contributed by atoms with Crippen LogP contribution >= 0.6 is 35.0 Å². The molecular weight excluding hydrogens is 871 g/mol. The van der Waals surface area contributed by atoms with Crippen LogP contribution in [-0.4, -0.2) is 105 Å². The van der Waals surface area contributed by atoms with Crippen molar-refractivity contribution >= 4 is 76.0 Å². The molecule has 4 aromatic rings. The maximum atomic E-state index is 13.9. The molecule has 4 heterocycles. The van der Waals surface area contributed by atoms with Gasteiger partial charge in [0.1, 0.15) is 11.9 Å². The van der Waals surface area contributed by atoms with Gasteiger partial charge in [-0.2, -0.15) is 0 Å². The number of amides is 5. The second kappa shape index (κ2) is 20.5. The summed E-state index contributed by atoms with van der Waals surface area (Å²) in [5.74, 6) is -1.07. The van der Waals surface area contributed by atoms with Gasteiger partial charge < -0.3 is 25.6 Å². The van der Waals surface area contributed by atoms with Gasteiger partial charge >= 0.3 is 0 Å². The molecule has 3 aromatic carbocycles. The first-order valence-electron chi connectivity index (χ1n) is 21.0. The number of unbranched alkanes of at least 4 members (excludes halogenated alkanes) is 3. The number of halogens is 3. The van der Waals surface area contributed by atoms with Crippen molar-refractivity contribution in [2.75, 3.05) is 43.0 Å². The van der Waals surface area contributed by atoms with E-state index < -0.39 is 23.7 Å². The molecule has 0 aliphatic carbocycles. The third-order valence-corrected chi connectivity index (χ3v) is 13.6. The third-order valence-electron chi connectivity index (χ3n) is 11.7. The lowest BCUT2D eigenvalue weighted by Crippen LogP contribution is -2.58. The van der Waals surface area contributed by atoms with Gasteiger partial charge in [0, 0.05) is 77.4 Å². The maximum Gasteiger partial charge on any atom is 0.276 e. The van der Waals surface area contributed by atoms with Crippen LogP contribution in [0.1, 0.15) is 94.7 Å². The number of hydrogen-bond donors (Lipinski definition) is 3. The van der Waals surface area contributed by atoms with Gasteiger partial charge in [-0.05, 0) is 105 Å². The van der Waals surface area contributed by atoms with E-state index >= 15 is 0 Å². The Morgan fingerprint density at radius 3 is 2.48 bits per heavy atom. The normalized spacial score (nSPS) is 18.9. The monoisotopic (exact) mass is 918 g/mol. The molecule has 0 spiro atoms. The smallest absolute Gasteiger partial charge is 0.276 e. The minimum Gasteiger partial charge on any atom is -0.489 e. The molecule has 2 saturated heterocycles. The first-order valence-corrected chi connectivity index (χ1v) is 22.8. The molecule has 14 nitrogen and oxygen atoms in total. The fourth-order valence-electron chi connectivity index (χ4n) is 8.33. The molecule has 2 fully saturated rings. The fourth-order valence-corrected chi connectivity index (χ4v) is 9.98. The van der Waals surface area contributed by atoms with Crippen LogP contribution in [0.25, 0.3) is 0 Å². The molecule has 1 aromatic heterocycles. The molecule has 5 amide bonds. The molecule has 4 N–H and O–H groups in total. The Balaban J connectivity index is 0.818. The van der Waals surface area contributed by atoms with Crippen molar-refractivity contribution in [2.45, 2.75) is 88.4 Å². The van der Waals surface area contributed by atoms with Gasteiger partial charge in [0.15, 0.2) is 17.3 Å². The largest absolute Gasteiger partial charge is 0.489 e. The number of rotatable bonds is 16. The van der Waals surface area contributed by atoms with Crippen molar-refractivity contribution in [3.8, 4) is 5.75 Å². The van der Waals surface area contributed by atoms with Crippen LogP contribution in [0.5, 0.6) is 5.75 Å². The van der Waals surface area contributed by atoms with Crippen molar-refractivity contribution < 1.29 is 33.1 Å². The van der Waals surface area contributed by atoms with Crippen LogP contribution in [-0.2, 0) is 22.6 Å². The van der Waals surface area contributed by atoms with Crippen LogP contribution < -0.4 is 21.1 Å². The van der Waals surface area contributed by atoms with Crippen LogP contribution in [0.2, 0.25) is 10.0 Å². The third kappa shape index (κ3) is 10.7. The lowest BCUT2D eigenvalue weighted by Gasteiger charge is -2.44. The van der Waals surface area contributed by atoms with Crippen LogP contribution in [0, 0.1) is 5.82 Å². The van der Waals surface area contributed by atoms with Crippen molar-refractivity contribution in [3.63, 3.8) is 0 Å². The predicted molar refractivity (Wildman–Crippen MR) is 240 cm³/mol. The number of nitrogens with zero attached hydrogens (tertiary/aromatic N) is 5. The summed E-state index contributed by atoms with van der Waals surface area (Å²) in [5, 5.41) is 13.1. The number of anilines is 2. The summed E-state index contributed by atoms with van der Waals surface area (Å²) in [6, 6.07) is 16.1. The highest BCUT2D eigenvalue weighted by atomic mass is 35.5. The number of hydrogen-bond acceptors (Lipinski definition) is 11. The first-order chi connectivity index (χ1) is 30.3. The Bertz CT molecular complexity index is 2380. The SMILES string of the molecule is C[C@@H]1CN(C(=O)c2ccc(NC(=O)c3cc(OCCc4c(Cl)ccc(F)c4Cl)c(N)nn3)cc2)C[C@H](C)N1CCCCCCSc1cccc2c1CN([C@@H]1CCC(=O)NC1=O)C2=O. The summed E-state index contributed by atoms with van der Waals surface area (Å²) in [4.78, 5) is 71.0. The van der Waals surface area contributed by atoms with Crippen LogP contribution in [0.15, 0.2) is 65.6 Å². The quantitative estimate of drug-likeness (QED) is 0.0455. The Hall–Kier alpha value is -5.29. The summed E-state index contributed by atoms with van der Waals surface area (Å²) in [6.07, 6.45) is 5.01. The zero-order valence-electron chi connectivity index (χ0n) is 35.0. The number of piperidine rings is 1. The van der Waals surface area contributed by atoms with E-state index in [-0.39, 0.29) is 71.5 Å². The number of nitrogen functional groups attached to an aromatic ring is 1. The summed E-state index contributed by atoms with van der Waals surface area (Å²) < 4.78 is 19.6. The Morgan fingerprint density at radius 1 is 0.984 bits per heavy atom. The van der Waals surface area contributed by atoms with E-state index in [4.69, 9.17) is 33.7 Å². The second-order valence-electron chi connectivity index (χ2n) is 16.0. The number of thioether (sulfide) groups is 1. The summed E-state index contributed by atoms with van der Waals surface area (Å²) in [6.45, 7) is 6.87. The molecule has 18 heteroatoms. The maximum absolute atomic E-state index is 13.9. The molecule has 332 valence electrons. The minimum absolute atomic E-state index is 0.0326. The number of benzene rings is 3. The molecule has 63 heavy (non-hydrogen) atoms. The van der Waals surface area contributed by atoms with Crippen molar-refractivity contribution in [3.05, 3.63) is 104 Å². The Kier molecular flexibility index (Phi) is 14.9. The number of aromatic nitrogens is 2. The molecule has 0 unspecified atom stereocenters. The predicted octanol–water partition coefficient (Wildman–Crippen LogP) is 7.03. The topological polar surface area (TPSA) is 180 Å². The van der Waals surface area contributed by atoms with Crippen molar-refractivity contribution in [1.82, 2.24) is 30.2 Å². The van der Waals surface area contributed by atoms with Crippen LogP contribution in [0.4, 0.5) is 15.9 Å². The number of piperazine rings is 1. The zero-order chi connectivity index (χ0) is 44.8. The highest BCUT2D eigenvalue weighted by Gasteiger charge is 2.40. The molecule has 3 atom stereocenters. The number of fused-ring (bicyclic) bond motifs is 1. The summed E-state index contributed by atoms with van der Waals surface area (Å²) in [5.41, 5.74) is 8.83.